The second-order valence-electron chi connectivity index (χ2n) is 6.21. The summed E-state index contributed by atoms with van der Waals surface area (Å²) in [6, 6.07) is 8.16. The molecule has 6 heteroatoms. The summed E-state index contributed by atoms with van der Waals surface area (Å²) < 4.78 is 13.8. The first-order valence-electron chi connectivity index (χ1n) is 7.30. The number of nitrogens with one attached hydrogen (secondary N) is 1. The van der Waals surface area contributed by atoms with Gasteiger partial charge in [0.1, 0.15) is 6.67 Å². The average molecular weight is 369 g/mol. The second kappa shape index (κ2) is 9.99. The van der Waals surface area contributed by atoms with Gasteiger partial charge in [0.2, 0.25) is 0 Å². The van der Waals surface area contributed by atoms with Crippen molar-refractivity contribution in [1.29, 1.82) is 0 Å². The largest absolute Gasteiger partial charge is 0.314 e. The molecule has 1 heterocycles. The SMILES string of the molecule is CC(C)(C)Sc1ccccc1[C@@H](CF)N1CCNCC1.Cl.Cl. The Kier molecular flexibility index (Phi) is 9.99. The van der Waals surface area contributed by atoms with E-state index in [0.717, 1.165) is 31.7 Å². The van der Waals surface area contributed by atoms with E-state index in [1.165, 1.54) is 4.90 Å². The van der Waals surface area contributed by atoms with Crippen LogP contribution in [0, 0.1) is 0 Å². The molecule has 0 aromatic heterocycles. The molecular weight excluding hydrogens is 342 g/mol. The molecule has 1 aliphatic heterocycles. The van der Waals surface area contributed by atoms with Crippen molar-refractivity contribution in [3.05, 3.63) is 29.8 Å². The van der Waals surface area contributed by atoms with Gasteiger partial charge in [-0.2, -0.15) is 0 Å². The number of nitrogens with zero attached hydrogens (tertiary/aromatic N) is 1. The lowest BCUT2D eigenvalue weighted by Crippen LogP contribution is -2.45. The van der Waals surface area contributed by atoms with Gasteiger partial charge in [0.25, 0.3) is 0 Å². The van der Waals surface area contributed by atoms with Crippen molar-refractivity contribution < 1.29 is 4.39 Å². The molecule has 0 unspecified atom stereocenters. The van der Waals surface area contributed by atoms with Crippen LogP contribution in [-0.4, -0.2) is 42.5 Å². The molecule has 1 aliphatic rings. The normalized spacial score (nSPS) is 17.3. The van der Waals surface area contributed by atoms with Gasteiger partial charge in [-0.1, -0.05) is 39.0 Å². The van der Waals surface area contributed by atoms with E-state index in [1.54, 1.807) is 0 Å². The number of thioether (sulfide) groups is 1. The Balaban J connectivity index is 0.00000220. The Labute approximate surface area is 150 Å². The van der Waals surface area contributed by atoms with Gasteiger partial charge in [-0.3, -0.25) is 4.90 Å². The van der Waals surface area contributed by atoms with E-state index in [1.807, 2.05) is 23.9 Å². The molecule has 1 aromatic rings. The van der Waals surface area contributed by atoms with Crippen LogP contribution in [0.1, 0.15) is 32.4 Å². The summed E-state index contributed by atoms with van der Waals surface area (Å²) in [6.07, 6.45) is 0. The van der Waals surface area contributed by atoms with Gasteiger partial charge in [-0.15, -0.1) is 36.6 Å². The predicted molar refractivity (Wildman–Crippen MR) is 99.7 cm³/mol. The molecule has 0 radical (unpaired) electrons. The molecule has 0 spiro atoms. The van der Waals surface area contributed by atoms with Crippen molar-refractivity contribution in [3.8, 4) is 0 Å². The number of alkyl halides is 1. The van der Waals surface area contributed by atoms with Crippen molar-refractivity contribution in [1.82, 2.24) is 10.2 Å². The number of piperazine rings is 1. The lowest BCUT2D eigenvalue weighted by atomic mass is 10.1. The Morgan fingerprint density at radius 1 is 1.18 bits per heavy atom. The van der Waals surface area contributed by atoms with Crippen LogP contribution in [0.5, 0.6) is 0 Å². The maximum Gasteiger partial charge on any atom is 0.109 e. The Bertz CT molecular complexity index is 434. The number of halogens is 3. The first-order valence-corrected chi connectivity index (χ1v) is 8.11. The summed E-state index contributed by atoms with van der Waals surface area (Å²) in [5.74, 6) is 0. The molecule has 1 atom stereocenters. The Morgan fingerprint density at radius 3 is 2.32 bits per heavy atom. The highest BCUT2D eigenvalue weighted by Gasteiger charge is 2.25. The standard InChI is InChI=1S/C16H25FN2S.2ClH/c1-16(2,3)20-15-7-5-4-6-13(15)14(12-17)19-10-8-18-9-11-19;;/h4-7,14,18H,8-12H2,1-3H3;2*1H/t14-;;/m1../s1. The molecule has 2 nitrogen and oxygen atoms in total. The smallest absolute Gasteiger partial charge is 0.109 e. The van der Waals surface area contributed by atoms with E-state index in [-0.39, 0.29) is 42.3 Å². The van der Waals surface area contributed by atoms with Gasteiger partial charge >= 0.3 is 0 Å². The molecular formula is C16H27Cl2FN2S. The summed E-state index contributed by atoms with van der Waals surface area (Å²) in [4.78, 5) is 3.47. The lowest BCUT2D eigenvalue weighted by molar-refractivity contribution is 0.146. The fourth-order valence-corrected chi connectivity index (χ4v) is 3.68. The molecule has 128 valence electrons. The first-order chi connectivity index (χ1) is 9.51. The second-order valence-corrected chi connectivity index (χ2v) is 8.08. The van der Waals surface area contributed by atoms with Crippen LogP contribution in [0.15, 0.2) is 29.2 Å². The highest BCUT2D eigenvalue weighted by molar-refractivity contribution is 8.00. The van der Waals surface area contributed by atoms with Crippen molar-refractivity contribution in [3.63, 3.8) is 0 Å². The molecule has 0 amide bonds. The fraction of sp³-hybridized carbons (Fsp3) is 0.625. The monoisotopic (exact) mass is 368 g/mol. The molecule has 0 aliphatic carbocycles. The first kappa shape index (κ1) is 22.0. The summed E-state index contributed by atoms with van der Waals surface area (Å²) in [5, 5.41) is 3.33. The molecule has 22 heavy (non-hydrogen) atoms. The number of hydrogen-bond acceptors (Lipinski definition) is 3. The third-order valence-electron chi connectivity index (χ3n) is 3.43. The highest BCUT2D eigenvalue weighted by atomic mass is 35.5. The van der Waals surface area contributed by atoms with Gasteiger partial charge in [-0.25, -0.2) is 4.39 Å². The van der Waals surface area contributed by atoms with Crippen LogP contribution in [0.25, 0.3) is 0 Å². The van der Waals surface area contributed by atoms with E-state index in [9.17, 15) is 4.39 Å². The molecule has 0 saturated carbocycles. The zero-order valence-corrected chi connectivity index (χ0v) is 15.9. The number of rotatable bonds is 4. The topological polar surface area (TPSA) is 15.3 Å². The lowest BCUT2D eigenvalue weighted by Gasteiger charge is -2.35. The quantitative estimate of drug-likeness (QED) is 0.795. The van der Waals surface area contributed by atoms with E-state index >= 15 is 0 Å². The van der Waals surface area contributed by atoms with Crippen LogP contribution >= 0.6 is 36.6 Å². The van der Waals surface area contributed by atoms with E-state index in [4.69, 9.17) is 0 Å². The summed E-state index contributed by atoms with van der Waals surface area (Å²) in [7, 11) is 0. The Morgan fingerprint density at radius 2 is 1.77 bits per heavy atom. The van der Waals surface area contributed by atoms with Crippen LogP contribution in [0.2, 0.25) is 0 Å². The molecule has 1 fully saturated rings. The van der Waals surface area contributed by atoms with Crippen molar-refractivity contribution >= 4 is 36.6 Å². The van der Waals surface area contributed by atoms with E-state index < -0.39 is 0 Å². The van der Waals surface area contributed by atoms with E-state index in [0.29, 0.717) is 0 Å². The molecule has 1 saturated heterocycles. The van der Waals surface area contributed by atoms with Crippen molar-refractivity contribution in [2.75, 3.05) is 32.9 Å². The van der Waals surface area contributed by atoms with Crippen LogP contribution in [-0.2, 0) is 0 Å². The molecule has 1 N–H and O–H groups in total. The summed E-state index contributed by atoms with van der Waals surface area (Å²) in [6.45, 7) is 10.0. The average Bonchev–Trinajstić information content (AvgIpc) is 2.41. The van der Waals surface area contributed by atoms with Crippen LogP contribution in [0.4, 0.5) is 4.39 Å². The summed E-state index contributed by atoms with van der Waals surface area (Å²) >= 11 is 1.83. The van der Waals surface area contributed by atoms with Gasteiger partial charge in [0.05, 0.1) is 6.04 Å². The molecule has 2 rings (SSSR count). The Hall–Kier alpha value is -0.000000000000000111. The zero-order chi connectivity index (χ0) is 14.6. The minimum Gasteiger partial charge on any atom is -0.314 e. The van der Waals surface area contributed by atoms with Gasteiger partial charge in [0.15, 0.2) is 0 Å². The van der Waals surface area contributed by atoms with Gasteiger partial charge in [-0.05, 0) is 11.6 Å². The van der Waals surface area contributed by atoms with Crippen LogP contribution in [0.3, 0.4) is 0 Å². The van der Waals surface area contributed by atoms with Gasteiger partial charge < -0.3 is 5.32 Å². The number of benzene rings is 1. The fourth-order valence-electron chi connectivity index (χ4n) is 2.55. The molecule has 0 bridgehead atoms. The minimum atomic E-state index is -0.318. The van der Waals surface area contributed by atoms with Crippen LogP contribution < -0.4 is 5.32 Å². The maximum absolute atomic E-state index is 13.7. The van der Waals surface area contributed by atoms with Crippen molar-refractivity contribution in [2.45, 2.75) is 36.5 Å². The third kappa shape index (κ3) is 6.25. The maximum atomic E-state index is 13.7. The number of hydrogen-bond donors (Lipinski definition) is 1. The third-order valence-corrected chi connectivity index (χ3v) is 4.64. The summed E-state index contributed by atoms with van der Waals surface area (Å²) in [5.41, 5.74) is 1.14. The van der Waals surface area contributed by atoms with Crippen molar-refractivity contribution in [2.24, 2.45) is 0 Å². The minimum absolute atomic E-state index is 0. The highest BCUT2D eigenvalue weighted by Crippen LogP contribution is 2.37. The molecule has 1 aromatic carbocycles. The zero-order valence-electron chi connectivity index (χ0n) is 13.5. The van der Waals surface area contributed by atoms with Gasteiger partial charge in [0, 0.05) is 35.8 Å². The predicted octanol–water partition coefficient (Wildman–Crippen LogP) is 4.34. The van der Waals surface area contributed by atoms with E-state index in [2.05, 4.69) is 43.1 Å².